The third-order valence-electron chi connectivity index (χ3n) is 21.3. The topological polar surface area (TPSA) is 25.3 Å². The van der Waals surface area contributed by atoms with E-state index in [9.17, 15) is 5.53 Å². The Labute approximate surface area is 611 Å². The van der Waals surface area contributed by atoms with Gasteiger partial charge in [-0.25, -0.2) is 4.70 Å². The number of allylic oxidation sites excluding steroid dienone is 2. The Balaban J connectivity index is 0.000000750. The van der Waals surface area contributed by atoms with E-state index < -0.39 is 0 Å². The van der Waals surface area contributed by atoms with Crippen molar-refractivity contribution in [1.29, 1.82) is 0 Å². The molecule has 0 atom stereocenters. The molecular weight excluding hydrogens is 1250 g/mol. The molecule has 0 N–H and O–H groups in total. The minimum atomic E-state index is 0.902. The van der Waals surface area contributed by atoms with Crippen LogP contribution in [0.1, 0.15) is 493 Å². The van der Waals surface area contributed by atoms with E-state index in [1.54, 1.807) is 9.79 Å². The van der Waals surface area contributed by atoms with Crippen molar-refractivity contribution < 1.29 is 22.7 Å². The van der Waals surface area contributed by atoms with Crippen molar-refractivity contribution in [3.8, 4) is 0 Å². The monoisotopic (exact) mass is 1420 g/mol. The fourth-order valence-electron chi connectivity index (χ4n) is 14.8. The van der Waals surface area contributed by atoms with E-state index in [4.69, 9.17) is 0 Å². The molecule has 3 heteroatoms. The average Bonchev–Trinajstić information content (AvgIpc) is 1.64. The molecule has 0 unspecified atom stereocenters. The van der Waals surface area contributed by atoms with Crippen LogP contribution in [0.15, 0.2) is 60.2 Å². The van der Waals surface area contributed by atoms with Gasteiger partial charge in [0.1, 0.15) is 0 Å². The van der Waals surface area contributed by atoms with Gasteiger partial charge in [0.2, 0.25) is 11.4 Å². The fourth-order valence-corrected chi connectivity index (χ4v) is 16.7. The number of nitrogens with zero attached hydrogens (tertiary/aromatic N) is 2. The van der Waals surface area contributed by atoms with E-state index >= 15 is 0 Å². The molecule has 0 saturated carbocycles. The molecule has 2 aromatic carbocycles. The molecule has 0 aromatic heterocycles. The van der Waals surface area contributed by atoms with Gasteiger partial charge in [-0.3, -0.25) is 0 Å². The van der Waals surface area contributed by atoms with Crippen molar-refractivity contribution in [3.63, 3.8) is 0 Å². The molecule has 0 radical (unpaired) electrons. The number of unbranched alkanes of at least 4 members (excludes halogenated alkanes) is 62. The molecule has 560 valence electrons. The number of hydrogen-bond acceptors (Lipinski definition) is 0. The van der Waals surface area contributed by atoms with Crippen LogP contribution in [0.2, 0.25) is 9.79 Å². The van der Waals surface area contributed by atoms with Crippen LogP contribution in [-0.4, -0.2) is 4.70 Å². The predicted octanol–water partition coefficient (Wildman–Crippen LogP) is 34.1. The SMILES string of the molecule is CCCCCCCCC1=C(c2cccc(CCCCC)c2)[N+](=[N-])C(c2ccc(CCCC)cc2)=C1.CCCCCCCCCCCCCCCCCCCCCCCCCCCCC[CH2][Pd][CH2]CCCCCCCCCCCCCCCCCCCCCCCCCCCCC. The molecule has 1 aliphatic rings. The molecular formula is C93H168N2Pd. The summed E-state index contributed by atoms with van der Waals surface area (Å²) >= 11 is 1.05. The number of rotatable bonds is 74. The first-order chi connectivity index (χ1) is 47.6. The summed E-state index contributed by atoms with van der Waals surface area (Å²) in [7, 11) is 0. The zero-order valence-electron chi connectivity index (χ0n) is 65.8. The second-order valence-electron chi connectivity index (χ2n) is 30.8. The first kappa shape index (κ1) is 90.3. The maximum atomic E-state index is 11.4. The molecule has 96 heavy (non-hydrogen) atoms. The Hall–Kier alpha value is -1.82. The molecule has 0 saturated heterocycles. The molecule has 1 heterocycles. The smallest absolute Gasteiger partial charge is 0.0654 e. The van der Waals surface area contributed by atoms with Crippen LogP contribution >= 0.6 is 0 Å². The Morgan fingerprint density at radius 2 is 0.510 bits per heavy atom. The first-order valence-electron chi connectivity index (χ1n) is 44.2. The van der Waals surface area contributed by atoms with Gasteiger partial charge in [0.25, 0.3) is 0 Å². The molecule has 2 nitrogen and oxygen atoms in total. The van der Waals surface area contributed by atoms with Crippen LogP contribution in [-0.2, 0) is 30.8 Å². The van der Waals surface area contributed by atoms with Gasteiger partial charge < -0.3 is 5.53 Å². The summed E-state index contributed by atoms with van der Waals surface area (Å²) in [5.74, 6) is 0. The van der Waals surface area contributed by atoms with Crippen LogP contribution in [0.4, 0.5) is 0 Å². The van der Waals surface area contributed by atoms with E-state index in [0.717, 1.165) is 59.8 Å². The number of aryl methyl sites for hydroxylation is 2. The van der Waals surface area contributed by atoms with E-state index in [1.165, 1.54) is 452 Å². The average molecular weight is 1420 g/mol. The summed E-state index contributed by atoms with van der Waals surface area (Å²) < 4.78 is 1.46. The van der Waals surface area contributed by atoms with Crippen LogP contribution in [0.5, 0.6) is 0 Å². The van der Waals surface area contributed by atoms with Crippen LogP contribution < -0.4 is 0 Å². The van der Waals surface area contributed by atoms with Gasteiger partial charge in [-0.2, -0.15) is 0 Å². The van der Waals surface area contributed by atoms with Gasteiger partial charge in [-0.15, -0.1) is 0 Å². The summed E-state index contributed by atoms with van der Waals surface area (Å²) in [6.45, 7) is 11.4. The van der Waals surface area contributed by atoms with Crippen molar-refractivity contribution in [2.24, 2.45) is 0 Å². The quantitative estimate of drug-likeness (QED) is 0.0358. The Morgan fingerprint density at radius 3 is 0.823 bits per heavy atom. The molecule has 0 spiro atoms. The minimum absolute atomic E-state index is 0.902. The molecule has 0 bridgehead atoms. The van der Waals surface area contributed by atoms with Gasteiger partial charge in [0.05, 0.1) is 0 Å². The van der Waals surface area contributed by atoms with E-state index in [2.05, 4.69) is 89.2 Å². The normalized spacial score (nSPS) is 12.4. The zero-order chi connectivity index (χ0) is 68.6. The zero-order valence-corrected chi connectivity index (χ0v) is 67.4. The number of benzene rings is 2. The second kappa shape index (κ2) is 73.0. The Morgan fingerprint density at radius 1 is 0.250 bits per heavy atom. The summed E-state index contributed by atoms with van der Waals surface area (Å²) in [5, 5.41) is 0. The van der Waals surface area contributed by atoms with Crippen LogP contribution in [0.25, 0.3) is 16.9 Å². The standard InChI is InChI=1S/C33H46N2.2C30H61.Pd/c1-4-7-10-11-12-14-19-31-26-32(29-23-21-27(22-24-29)16-9-6-3)35(34)33(31)30-20-15-18-28(25-30)17-13-8-5-2;2*1-3-5-7-9-11-13-15-17-19-21-23-25-27-29-30-28-26-24-22-20-18-16-14-12-10-8-6-4-2;/h15,18,20-26H,4-14,16-17,19H2,1-3H3;2*1,3-30H2,2H3;. The first-order valence-corrected chi connectivity index (χ1v) is 46.4. The summed E-state index contributed by atoms with van der Waals surface area (Å²) in [5.41, 5.74) is 19.5. The van der Waals surface area contributed by atoms with Gasteiger partial charge in [-0.05, 0) is 73.9 Å². The maximum absolute atomic E-state index is 11.4. The molecule has 1 aliphatic heterocycles. The third kappa shape index (κ3) is 55.8. The summed E-state index contributed by atoms with van der Waals surface area (Å²) in [4.78, 5) is 3.10. The summed E-state index contributed by atoms with van der Waals surface area (Å²) in [6, 6.07) is 17.6. The Kier molecular flexibility index (Phi) is 68.6. The summed E-state index contributed by atoms with van der Waals surface area (Å²) in [6.07, 6.45) is 103. The van der Waals surface area contributed by atoms with Crippen LogP contribution in [0, 0.1) is 0 Å². The second-order valence-corrected chi connectivity index (χ2v) is 33.1. The van der Waals surface area contributed by atoms with Gasteiger partial charge in [0.15, 0.2) is 0 Å². The molecule has 0 aliphatic carbocycles. The minimum Gasteiger partial charge on any atom is -0.0654 e. The van der Waals surface area contributed by atoms with Crippen molar-refractivity contribution in [2.75, 3.05) is 0 Å². The van der Waals surface area contributed by atoms with E-state index in [1.807, 2.05) is 0 Å². The number of hydrogen-bond donors (Lipinski definition) is 0. The van der Waals surface area contributed by atoms with Gasteiger partial charge >= 0.3 is 169 Å². The van der Waals surface area contributed by atoms with Gasteiger partial charge in [-0.1, -0.05) is 329 Å². The van der Waals surface area contributed by atoms with Crippen molar-refractivity contribution in [3.05, 3.63) is 88.0 Å². The fraction of sp³-hybridized carbons (Fsp3) is 0.828. The van der Waals surface area contributed by atoms with E-state index in [0.29, 0.717) is 0 Å². The Bertz CT molecular complexity index is 1920. The molecule has 0 amide bonds. The van der Waals surface area contributed by atoms with Gasteiger partial charge in [0, 0.05) is 22.8 Å². The molecule has 3 rings (SSSR count). The van der Waals surface area contributed by atoms with Crippen molar-refractivity contribution in [1.82, 2.24) is 0 Å². The molecule has 0 fully saturated rings. The van der Waals surface area contributed by atoms with Crippen LogP contribution in [0.3, 0.4) is 0 Å². The van der Waals surface area contributed by atoms with Crippen molar-refractivity contribution >= 4 is 11.4 Å². The predicted molar refractivity (Wildman–Crippen MR) is 431 cm³/mol. The van der Waals surface area contributed by atoms with E-state index in [-0.39, 0.29) is 0 Å². The third-order valence-corrected chi connectivity index (χ3v) is 23.5. The van der Waals surface area contributed by atoms with Crippen molar-refractivity contribution in [2.45, 2.75) is 494 Å². The molecule has 2 aromatic rings.